The van der Waals surface area contributed by atoms with Gasteiger partial charge in [0.05, 0.1) is 33.8 Å². The number of quaternary nitrogens is 1. The smallest absolute Gasteiger partial charge is 0.306 e. The van der Waals surface area contributed by atoms with Crippen LogP contribution >= 0.6 is 7.82 Å². The van der Waals surface area contributed by atoms with E-state index in [0.29, 0.717) is 17.4 Å². The normalized spacial score (nSPS) is 13.8. The number of phosphoric acid groups is 1. The average molecular weight is 1200 g/mol. The summed E-state index contributed by atoms with van der Waals surface area (Å²) in [7, 11) is 1.17. The lowest BCUT2D eigenvalue weighted by molar-refractivity contribution is -0.870. The lowest BCUT2D eigenvalue weighted by Gasteiger charge is -2.30. The molecule has 0 bridgehead atoms. The fourth-order valence-electron chi connectivity index (χ4n) is 10.6. The second-order valence-electron chi connectivity index (χ2n) is 25.7. The summed E-state index contributed by atoms with van der Waals surface area (Å²) >= 11 is 0. The molecule has 3 atom stereocenters. The molecule has 84 heavy (non-hydrogen) atoms. The van der Waals surface area contributed by atoms with Crippen molar-refractivity contribution in [1.82, 2.24) is 5.32 Å². The van der Waals surface area contributed by atoms with Gasteiger partial charge in [-0.2, -0.15) is 0 Å². The quantitative estimate of drug-likeness (QED) is 0.0212. The molecule has 0 radical (unpaired) electrons. The molecule has 3 unspecified atom stereocenters. The molecule has 0 aliphatic heterocycles. The third-order valence-electron chi connectivity index (χ3n) is 16.2. The van der Waals surface area contributed by atoms with Crippen molar-refractivity contribution < 1.29 is 37.3 Å². The number of phosphoric ester groups is 1. The zero-order valence-electron chi connectivity index (χ0n) is 56.4. The highest BCUT2D eigenvalue weighted by Crippen LogP contribution is 2.38. The summed E-state index contributed by atoms with van der Waals surface area (Å²) < 4.78 is 30.4. The van der Waals surface area contributed by atoms with Gasteiger partial charge in [0.15, 0.2) is 0 Å². The third-order valence-corrected chi connectivity index (χ3v) is 17.2. The maximum absolute atomic E-state index is 13.6. The molecule has 492 valence electrons. The van der Waals surface area contributed by atoms with E-state index in [0.717, 1.165) is 77.0 Å². The van der Waals surface area contributed by atoms with E-state index in [2.05, 4.69) is 74.7 Å². The molecule has 1 amide bonds. The highest BCUT2D eigenvalue weighted by molar-refractivity contribution is 7.45. The lowest BCUT2D eigenvalue weighted by atomic mass is 10.0. The molecule has 0 spiro atoms. The highest BCUT2D eigenvalue weighted by Gasteiger charge is 2.27. The first-order valence-electron chi connectivity index (χ1n) is 36.1. The first-order chi connectivity index (χ1) is 40.9. The maximum atomic E-state index is 13.6. The molecular weight excluding hydrogens is 1060 g/mol. The van der Waals surface area contributed by atoms with Crippen molar-refractivity contribution in [2.24, 2.45) is 0 Å². The summed E-state index contributed by atoms with van der Waals surface area (Å²) in [4.78, 5) is 40.2. The van der Waals surface area contributed by atoms with Gasteiger partial charge in [0.1, 0.15) is 19.3 Å². The van der Waals surface area contributed by atoms with Gasteiger partial charge in [-0.05, 0) is 76.7 Å². The van der Waals surface area contributed by atoms with Crippen molar-refractivity contribution in [3.05, 3.63) is 60.8 Å². The number of hydrogen-bond acceptors (Lipinski definition) is 7. The standard InChI is InChI=1S/C74H139N2O7P/c1-7-10-13-16-19-22-25-28-30-32-34-35-36-37-38-39-40-41-43-45-47-49-52-55-58-61-64-67-74(78)83-72(65-62-59-56-53-50-27-24-21-18-15-12-9-3)71(70-82-84(79,80)81-69-68-76(4,5)6)75-73(77)66-63-60-57-54-51-48-46-44-42-33-31-29-26-23-20-17-14-11-8-2/h20,23,29,31,42,44,48,51,62,65,71-72H,7-19,21-22,24-28,30,32-41,43,45-47,49-50,52-61,63-64,66-70H2,1-6H3,(H-,75,77,79,80)/b23-20-,31-29-,44-42-,51-48-,65-62-. The van der Waals surface area contributed by atoms with Gasteiger partial charge < -0.3 is 28.5 Å². The number of allylic oxidation sites excluding steroid dienone is 9. The monoisotopic (exact) mass is 1200 g/mol. The van der Waals surface area contributed by atoms with Gasteiger partial charge in [-0.15, -0.1) is 0 Å². The van der Waals surface area contributed by atoms with Crippen LogP contribution in [0.5, 0.6) is 0 Å². The van der Waals surface area contributed by atoms with Gasteiger partial charge in [0.2, 0.25) is 5.91 Å². The second kappa shape index (κ2) is 63.7. The molecule has 0 aliphatic rings. The Bertz CT molecular complexity index is 1620. The minimum Gasteiger partial charge on any atom is -0.756 e. The van der Waals surface area contributed by atoms with Crippen molar-refractivity contribution in [2.45, 2.75) is 360 Å². The van der Waals surface area contributed by atoms with Crippen LogP contribution in [0.15, 0.2) is 60.8 Å². The van der Waals surface area contributed by atoms with Crippen molar-refractivity contribution in [1.29, 1.82) is 0 Å². The predicted molar refractivity (Wildman–Crippen MR) is 362 cm³/mol. The van der Waals surface area contributed by atoms with Gasteiger partial charge in [-0.25, -0.2) is 0 Å². The molecule has 0 aromatic carbocycles. The van der Waals surface area contributed by atoms with Crippen LogP contribution < -0.4 is 10.2 Å². The fourth-order valence-corrected chi connectivity index (χ4v) is 11.3. The van der Waals surface area contributed by atoms with E-state index < -0.39 is 26.6 Å². The number of nitrogens with one attached hydrogen (secondary N) is 1. The van der Waals surface area contributed by atoms with Gasteiger partial charge in [0.25, 0.3) is 7.82 Å². The molecule has 0 aromatic heterocycles. The minimum atomic E-state index is -4.71. The van der Waals surface area contributed by atoms with Crippen LogP contribution in [-0.4, -0.2) is 69.4 Å². The third kappa shape index (κ3) is 64.2. The van der Waals surface area contributed by atoms with Crippen molar-refractivity contribution in [3.63, 3.8) is 0 Å². The number of hydrogen-bond donors (Lipinski definition) is 1. The average Bonchev–Trinajstić information content (AvgIpc) is 3.64. The predicted octanol–water partition coefficient (Wildman–Crippen LogP) is 22.3. The summed E-state index contributed by atoms with van der Waals surface area (Å²) in [6, 6.07) is -0.905. The Morgan fingerprint density at radius 3 is 1.12 bits per heavy atom. The van der Waals surface area contributed by atoms with E-state index in [1.807, 2.05) is 33.3 Å². The SMILES string of the molecule is CCCCC/C=C\C/C=C\C/C=C\C/C=C\CCCCCC(=O)NC(COP(=O)([O-])OCC[N+](C)(C)C)C(/C=C\CCCCCCCCCCCC)OC(=O)CCCCCCCCCCCCCCCCCCCCCCCCCCCCC. The molecule has 9 nitrogen and oxygen atoms in total. The van der Waals surface area contributed by atoms with E-state index in [4.69, 9.17) is 13.8 Å². The number of nitrogens with zero attached hydrogens (tertiary/aromatic N) is 1. The highest BCUT2D eigenvalue weighted by atomic mass is 31.2. The number of amides is 1. The van der Waals surface area contributed by atoms with Crippen LogP contribution in [0.3, 0.4) is 0 Å². The largest absolute Gasteiger partial charge is 0.756 e. The molecule has 0 aromatic rings. The first kappa shape index (κ1) is 81.7. The maximum Gasteiger partial charge on any atom is 0.306 e. The van der Waals surface area contributed by atoms with Crippen LogP contribution in [0.4, 0.5) is 0 Å². The second-order valence-corrected chi connectivity index (χ2v) is 27.2. The Balaban J connectivity index is 5.03. The molecule has 0 fully saturated rings. The lowest BCUT2D eigenvalue weighted by Crippen LogP contribution is -2.47. The zero-order valence-corrected chi connectivity index (χ0v) is 57.3. The molecule has 1 N–H and O–H groups in total. The summed E-state index contributed by atoms with van der Waals surface area (Å²) in [5.74, 6) is -0.563. The van der Waals surface area contributed by atoms with Crippen molar-refractivity contribution >= 4 is 19.7 Å². The number of rotatable bonds is 66. The van der Waals surface area contributed by atoms with Crippen LogP contribution in [0.1, 0.15) is 348 Å². The summed E-state index contributed by atoms with van der Waals surface area (Å²) in [6.45, 7) is 6.83. The molecular formula is C74H139N2O7P. The Hall–Kier alpha value is -2.29. The Morgan fingerprint density at radius 2 is 0.726 bits per heavy atom. The Morgan fingerprint density at radius 1 is 0.417 bits per heavy atom. The molecule has 0 heterocycles. The molecule has 0 saturated heterocycles. The zero-order chi connectivity index (χ0) is 61.4. The van der Waals surface area contributed by atoms with Crippen LogP contribution in [-0.2, 0) is 27.9 Å². The summed E-state index contributed by atoms with van der Waals surface area (Å²) in [5, 5.41) is 3.02. The van der Waals surface area contributed by atoms with E-state index in [-0.39, 0.29) is 31.3 Å². The summed E-state index contributed by atoms with van der Waals surface area (Å²) in [5.41, 5.74) is 0. The molecule has 0 rings (SSSR count). The number of carbonyl (C=O) groups is 2. The topological polar surface area (TPSA) is 114 Å². The molecule has 0 saturated carbocycles. The van der Waals surface area contributed by atoms with E-state index in [1.54, 1.807) is 0 Å². The fraction of sp³-hybridized carbons (Fsp3) is 0.838. The number of ether oxygens (including phenoxy) is 1. The van der Waals surface area contributed by atoms with E-state index in [9.17, 15) is 19.0 Å². The van der Waals surface area contributed by atoms with E-state index in [1.165, 1.54) is 231 Å². The number of esters is 1. The van der Waals surface area contributed by atoms with E-state index >= 15 is 0 Å². The summed E-state index contributed by atoms with van der Waals surface area (Å²) in [6.07, 6.45) is 82.2. The van der Waals surface area contributed by atoms with Crippen LogP contribution in [0.2, 0.25) is 0 Å². The van der Waals surface area contributed by atoms with Gasteiger partial charge in [0, 0.05) is 12.8 Å². The number of unbranched alkanes of at least 4 members (excludes halogenated alkanes) is 42. The van der Waals surface area contributed by atoms with Gasteiger partial charge in [-0.3, -0.25) is 14.2 Å². The van der Waals surface area contributed by atoms with Gasteiger partial charge >= 0.3 is 5.97 Å². The molecule has 0 aliphatic carbocycles. The van der Waals surface area contributed by atoms with Crippen molar-refractivity contribution in [3.8, 4) is 0 Å². The van der Waals surface area contributed by atoms with Gasteiger partial charge in [-0.1, -0.05) is 319 Å². The first-order valence-corrected chi connectivity index (χ1v) is 37.6. The number of carbonyl (C=O) groups excluding carboxylic acids is 2. The van der Waals surface area contributed by atoms with Crippen LogP contribution in [0.25, 0.3) is 0 Å². The number of likely N-dealkylation sites (N-methyl/N-ethyl adjacent to an activating group) is 1. The Labute approximate surface area is 521 Å². The minimum absolute atomic E-state index is 0.0286. The Kier molecular flexibility index (Phi) is 62.0. The molecule has 10 heteroatoms. The van der Waals surface area contributed by atoms with Crippen molar-refractivity contribution in [2.75, 3.05) is 40.9 Å². The van der Waals surface area contributed by atoms with Crippen LogP contribution in [0, 0.1) is 0 Å².